The molecule has 8 nitrogen and oxygen atoms in total. The Morgan fingerprint density at radius 3 is 2.67 bits per heavy atom. The minimum atomic E-state index is -0.125. The van der Waals surface area contributed by atoms with Gasteiger partial charge in [-0.3, -0.25) is 0 Å². The fourth-order valence-electron chi connectivity index (χ4n) is 2.42. The number of terminal acetylenes is 1. The topological polar surface area (TPSA) is 91.4 Å². The van der Waals surface area contributed by atoms with E-state index in [1.54, 1.807) is 11.1 Å². The van der Waals surface area contributed by atoms with Crippen LogP contribution in [0.15, 0.2) is 34.9 Å². The van der Waals surface area contributed by atoms with Crippen molar-refractivity contribution in [2.45, 2.75) is 0 Å². The molecular weight excluding hydrogens is 412 g/mol. The molecule has 0 unspecified atom stereocenters. The van der Waals surface area contributed by atoms with Crippen LogP contribution in [0.5, 0.6) is 0 Å². The molecule has 1 fully saturated rings. The first kappa shape index (κ1) is 18.9. The fourth-order valence-corrected chi connectivity index (χ4v) is 2.75. The monoisotopic (exact) mass is 430 g/mol. The molecule has 0 saturated carbocycles. The lowest BCUT2D eigenvalue weighted by molar-refractivity contribution is 0.0564. The molecule has 1 aromatic carbocycles. The Bertz CT molecular complexity index is 831. The molecule has 0 aliphatic carbocycles. The minimum absolute atomic E-state index is 0.125. The third kappa shape index (κ3) is 5.32. The average Bonchev–Trinajstić information content (AvgIpc) is 2.70. The molecule has 0 atom stereocenters. The largest absolute Gasteiger partial charge is 0.378 e. The number of rotatable bonds is 5. The predicted molar refractivity (Wildman–Crippen MR) is 108 cm³/mol. The van der Waals surface area contributed by atoms with E-state index in [0.717, 1.165) is 10.2 Å². The Hall–Kier alpha value is -2.83. The smallest absolute Gasteiger partial charge is 0.321 e. The molecule has 1 saturated heterocycles. The number of carbonyl (C=O) groups is 1. The van der Waals surface area contributed by atoms with Crippen molar-refractivity contribution in [3.63, 3.8) is 0 Å². The number of hydrogen-bond donors (Lipinski definition) is 3. The van der Waals surface area contributed by atoms with Crippen molar-refractivity contribution in [2.24, 2.45) is 0 Å². The van der Waals surface area contributed by atoms with E-state index in [1.807, 2.05) is 24.3 Å². The highest BCUT2D eigenvalue weighted by atomic mass is 79.9. The Morgan fingerprint density at radius 1 is 1.26 bits per heavy atom. The van der Waals surface area contributed by atoms with E-state index < -0.39 is 0 Å². The molecule has 140 valence electrons. The quantitative estimate of drug-likeness (QED) is 0.631. The van der Waals surface area contributed by atoms with Crippen molar-refractivity contribution < 1.29 is 9.53 Å². The van der Waals surface area contributed by atoms with Crippen LogP contribution in [0, 0.1) is 12.3 Å². The summed E-state index contributed by atoms with van der Waals surface area (Å²) in [7, 11) is 0. The summed E-state index contributed by atoms with van der Waals surface area (Å²) < 4.78 is 5.98. The minimum Gasteiger partial charge on any atom is -0.378 e. The van der Waals surface area contributed by atoms with Crippen LogP contribution in [-0.2, 0) is 4.74 Å². The molecule has 1 aliphatic heterocycles. The van der Waals surface area contributed by atoms with Crippen LogP contribution in [0.4, 0.5) is 27.9 Å². The lowest BCUT2D eigenvalue weighted by atomic mass is 10.3. The second-order valence-corrected chi connectivity index (χ2v) is 6.53. The lowest BCUT2D eigenvalue weighted by Crippen LogP contribution is -2.43. The first-order valence-electron chi connectivity index (χ1n) is 8.36. The van der Waals surface area contributed by atoms with Crippen molar-refractivity contribution in [3.8, 4) is 12.3 Å². The van der Waals surface area contributed by atoms with Gasteiger partial charge in [-0.05, 0) is 40.2 Å². The molecule has 3 N–H and O–H groups in total. The van der Waals surface area contributed by atoms with E-state index in [9.17, 15) is 4.79 Å². The zero-order valence-corrected chi connectivity index (χ0v) is 16.1. The molecule has 3 rings (SSSR count). The van der Waals surface area contributed by atoms with E-state index in [4.69, 9.17) is 11.2 Å². The molecule has 2 aromatic rings. The normalized spacial score (nSPS) is 13.6. The third-order valence-corrected chi connectivity index (χ3v) is 4.37. The maximum atomic E-state index is 12.2. The summed E-state index contributed by atoms with van der Waals surface area (Å²) in [5.41, 5.74) is 1.51. The van der Waals surface area contributed by atoms with Crippen LogP contribution in [0.2, 0.25) is 0 Å². The maximum Gasteiger partial charge on any atom is 0.321 e. The molecule has 1 aromatic heterocycles. The van der Waals surface area contributed by atoms with Crippen molar-refractivity contribution >= 4 is 45.1 Å². The van der Waals surface area contributed by atoms with Gasteiger partial charge in [0.05, 0.1) is 24.2 Å². The molecule has 27 heavy (non-hydrogen) atoms. The Balaban J connectivity index is 1.60. The molecular formula is C18H19BrN6O2. The number of nitrogens with one attached hydrogen (secondary N) is 3. The maximum absolute atomic E-state index is 12.2. The number of hydrogen-bond acceptors (Lipinski definition) is 6. The van der Waals surface area contributed by atoms with Gasteiger partial charge in [-0.25, -0.2) is 9.78 Å². The number of morpholine rings is 1. The Labute approximate surface area is 165 Å². The first-order chi connectivity index (χ1) is 13.2. The highest BCUT2D eigenvalue weighted by Crippen LogP contribution is 2.22. The van der Waals surface area contributed by atoms with Crippen molar-refractivity contribution in [1.29, 1.82) is 0 Å². The van der Waals surface area contributed by atoms with Gasteiger partial charge in [0.1, 0.15) is 5.82 Å². The van der Waals surface area contributed by atoms with Crippen molar-refractivity contribution in [1.82, 2.24) is 14.9 Å². The van der Waals surface area contributed by atoms with Crippen molar-refractivity contribution in [2.75, 3.05) is 48.8 Å². The van der Waals surface area contributed by atoms with Gasteiger partial charge in [0.25, 0.3) is 0 Å². The van der Waals surface area contributed by atoms with Crippen molar-refractivity contribution in [3.05, 3.63) is 34.9 Å². The van der Waals surface area contributed by atoms with Crippen LogP contribution in [0.3, 0.4) is 0 Å². The highest BCUT2D eigenvalue weighted by molar-refractivity contribution is 9.10. The summed E-state index contributed by atoms with van der Waals surface area (Å²) in [4.78, 5) is 22.5. The Kier molecular flexibility index (Phi) is 6.46. The molecule has 2 amide bonds. The number of aromatic nitrogens is 2. The zero-order valence-electron chi connectivity index (χ0n) is 14.5. The highest BCUT2D eigenvalue weighted by Gasteiger charge is 2.16. The van der Waals surface area contributed by atoms with E-state index in [-0.39, 0.29) is 6.03 Å². The van der Waals surface area contributed by atoms with E-state index >= 15 is 0 Å². The number of halogens is 1. The number of urea groups is 1. The van der Waals surface area contributed by atoms with Gasteiger partial charge < -0.3 is 25.6 Å². The molecule has 0 spiro atoms. The van der Waals surface area contributed by atoms with E-state index in [0.29, 0.717) is 50.3 Å². The Morgan fingerprint density at radius 2 is 1.96 bits per heavy atom. The molecule has 1 aliphatic rings. The van der Waals surface area contributed by atoms with Gasteiger partial charge in [-0.2, -0.15) is 4.98 Å². The van der Waals surface area contributed by atoms with Gasteiger partial charge in [0.2, 0.25) is 5.95 Å². The lowest BCUT2D eigenvalue weighted by Gasteiger charge is -2.26. The van der Waals surface area contributed by atoms with Crippen LogP contribution >= 0.6 is 15.9 Å². The first-order valence-corrected chi connectivity index (χ1v) is 9.15. The molecule has 9 heteroatoms. The summed E-state index contributed by atoms with van der Waals surface area (Å²) in [6, 6.07) is 7.19. The summed E-state index contributed by atoms with van der Waals surface area (Å²) in [5.74, 6) is 3.54. The van der Waals surface area contributed by atoms with Crippen LogP contribution < -0.4 is 16.0 Å². The molecule has 0 radical (unpaired) electrons. The second kappa shape index (κ2) is 9.21. The predicted octanol–water partition coefficient (Wildman–Crippen LogP) is 2.89. The summed E-state index contributed by atoms with van der Waals surface area (Å²) in [6.07, 6.45) is 6.90. The number of ether oxygens (including phenoxy) is 1. The summed E-state index contributed by atoms with van der Waals surface area (Å²) in [6.45, 7) is 2.71. The van der Waals surface area contributed by atoms with Gasteiger partial charge in [-0.15, -0.1) is 6.42 Å². The van der Waals surface area contributed by atoms with Crippen LogP contribution in [-0.4, -0.2) is 53.7 Å². The van der Waals surface area contributed by atoms with Gasteiger partial charge >= 0.3 is 6.03 Å². The number of anilines is 4. The summed E-state index contributed by atoms with van der Waals surface area (Å²) >= 11 is 3.38. The number of nitrogens with zero attached hydrogens (tertiary/aromatic N) is 3. The fraction of sp³-hybridized carbons (Fsp3) is 0.278. The number of carbonyl (C=O) groups excluding carboxylic acids is 1. The van der Waals surface area contributed by atoms with Crippen LogP contribution in [0.25, 0.3) is 0 Å². The number of benzene rings is 1. The average molecular weight is 431 g/mol. The standard InChI is InChI=1S/C18H19BrN6O2/c1-2-7-20-16-15(19)12-21-17(24-16)22-13-3-5-14(6-4-13)23-18(26)25-8-10-27-11-9-25/h1,3-6,12H,7-11H2,(H,23,26)(H2,20,21,22,24). The van der Waals surface area contributed by atoms with Gasteiger partial charge in [0, 0.05) is 30.7 Å². The van der Waals surface area contributed by atoms with Gasteiger partial charge in [0.15, 0.2) is 0 Å². The van der Waals surface area contributed by atoms with E-state index in [1.165, 1.54) is 0 Å². The third-order valence-electron chi connectivity index (χ3n) is 3.79. The summed E-state index contributed by atoms with van der Waals surface area (Å²) in [5, 5.41) is 9.01. The second-order valence-electron chi connectivity index (χ2n) is 5.68. The van der Waals surface area contributed by atoms with Gasteiger partial charge in [-0.1, -0.05) is 5.92 Å². The van der Waals surface area contributed by atoms with Crippen LogP contribution in [0.1, 0.15) is 0 Å². The molecule has 0 bridgehead atoms. The zero-order chi connectivity index (χ0) is 19.1. The SMILES string of the molecule is C#CCNc1nc(Nc2ccc(NC(=O)N3CCOCC3)cc2)ncc1Br. The number of amides is 2. The molecule has 2 heterocycles. The van der Waals surface area contributed by atoms with E-state index in [2.05, 4.69) is 47.8 Å².